The number of allylic oxidation sites excluding steroid dienone is 4. The van der Waals surface area contributed by atoms with Crippen LogP contribution < -0.4 is 0 Å². The number of hydrogen-bond acceptors (Lipinski definition) is 2. The largest absolute Gasteiger partial charge is 0.414 e. The van der Waals surface area contributed by atoms with E-state index in [4.69, 9.17) is 11.0 Å². The van der Waals surface area contributed by atoms with Gasteiger partial charge >= 0.3 is 0 Å². The lowest BCUT2D eigenvalue weighted by Crippen LogP contribution is -2.49. The first-order valence-electron chi connectivity index (χ1n) is 17.8. The molecule has 0 saturated heterocycles. The van der Waals surface area contributed by atoms with E-state index >= 15 is 0 Å². The molecule has 2 rings (SSSR count). The monoisotopic (exact) mass is 631 g/mol. The lowest BCUT2D eigenvalue weighted by Gasteiger charge is -2.49. The SMILES string of the molecule is C=C1/C(=C/C=C/C2CCC(C(C)CCCC(C)(C)O)C2(C)CCC)CC(O[Si](C)(C)C(C)(C)C)CC1[Si](C)(C)C(C)(C)C. The van der Waals surface area contributed by atoms with Gasteiger partial charge in [-0.2, -0.15) is 0 Å². The second-order valence-corrected chi connectivity index (χ2v) is 29.2. The molecule has 2 aliphatic carbocycles. The van der Waals surface area contributed by atoms with Crippen molar-refractivity contribution in [3.8, 4) is 0 Å². The normalized spacial score (nSPS) is 30.0. The van der Waals surface area contributed by atoms with Crippen LogP contribution in [0.4, 0.5) is 0 Å². The topological polar surface area (TPSA) is 29.5 Å². The van der Waals surface area contributed by atoms with E-state index in [1.54, 1.807) is 0 Å². The van der Waals surface area contributed by atoms with Gasteiger partial charge in [0.15, 0.2) is 8.32 Å². The van der Waals surface area contributed by atoms with E-state index < -0.39 is 22.0 Å². The molecule has 2 fully saturated rings. The summed E-state index contributed by atoms with van der Waals surface area (Å²) in [4.78, 5) is 0. The van der Waals surface area contributed by atoms with Crippen molar-refractivity contribution in [2.75, 3.05) is 0 Å². The van der Waals surface area contributed by atoms with Crippen molar-refractivity contribution < 1.29 is 9.53 Å². The molecule has 6 atom stereocenters. The third-order valence-electron chi connectivity index (χ3n) is 12.9. The fourth-order valence-electron chi connectivity index (χ4n) is 8.02. The number of rotatable bonds is 12. The average molecular weight is 631 g/mol. The highest BCUT2D eigenvalue weighted by molar-refractivity contribution is 6.82. The Kier molecular flexibility index (Phi) is 12.7. The van der Waals surface area contributed by atoms with Gasteiger partial charge in [0.05, 0.1) is 13.7 Å². The molecule has 0 aromatic rings. The fourth-order valence-corrected chi connectivity index (χ4v) is 12.3. The van der Waals surface area contributed by atoms with Gasteiger partial charge in [-0.1, -0.05) is 125 Å². The van der Waals surface area contributed by atoms with Gasteiger partial charge in [-0.05, 0) is 110 Å². The summed E-state index contributed by atoms with van der Waals surface area (Å²) in [7, 11) is -3.53. The molecule has 43 heavy (non-hydrogen) atoms. The van der Waals surface area contributed by atoms with Gasteiger partial charge in [-0.3, -0.25) is 0 Å². The smallest absolute Gasteiger partial charge is 0.192 e. The summed E-state index contributed by atoms with van der Waals surface area (Å²) >= 11 is 0. The molecule has 0 radical (unpaired) electrons. The molecule has 2 saturated carbocycles. The second-order valence-electron chi connectivity index (χ2n) is 18.8. The minimum absolute atomic E-state index is 0.214. The molecule has 0 spiro atoms. The Hall–Kier alpha value is -0.426. The van der Waals surface area contributed by atoms with Crippen molar-refractivity contribution in [3.05, 3.63) is 36.0 Å². The van der Waals surface area contributed by atoms with Crippen molar-refractivity contribution in [2.45, 2.75) is 187 Å². The Balaban J connectivity index is 2.34. The summed E-state index contributed by atoms with van der Waals surface area (Å²) in [6, 6.07) is 0. The van der Waals surface area contributed by atoms with E-state index in [-0.39, 0.29) is 11.1 Å². The molecule has 4 heteroatoms. The predicted molar refractivity (Wildman–Crippen MR) is 197 cm³/mol. The van der Waals surface area contributed by atoms with Crippen LogP contribution in [0.2, 0.25) is 41.8 Å². The number of hydrogen-bond donors (Lipinski definition) is 1. The second kappa shape index (κ2) is 14.1. The molecule has 6 unspecified atom stereocenters. The van der Waals surface area contributed by atoms with E-state index in [9.17, 15) is 5.11 Å². The highest BCUT2D eigenvalue weighted by Gasteiger charge is 2.49. The van der Waals surface area contributed by atoms with Crippen molar-refractivity contribution in [2.24, 2.45) is 23.2 Å². The van der Waals surface area contributed by atoms with Crippen molar-refractivity contribution >= 4 is 16.4 Å². The maximum absolute atomic E-state index is 10.2. The van der Waals surface area contributed by atoms with Crippen LogP contribution in [0.15, 0.2) is 36.0 Å². The quantitative estimate of drug-likeness (QED) is 0.217. The first kappa shape index (κ1) is 38.8. The van der Waals surface area contributed by atoms with Crippen LogP contribution in [0.3, 0.4) is 0 Å². The van der Waals surface area contributed by atoms with Crippen molar-refractivity contribution in [3.63, 3.8) is 0 Å². The molecule has 1 N–H and O–H groups in total. The molecule has 0 aromatic carbocycles. The summed E-state index contributed by atoms with van der Waals surface area (Å²) in [5.74, 6) is 2.08. The molecule has 2 aliphatic rings. The van der Waals surface area contributed by atoms with Gasteiger partial charge in [-0.25, -0.2) is 0 Å². The van der Waals surface area contributed by atoms with Gasteiger partial charge < -0.3 is 9.53 Å². The first-order valence-corrected chi connectivity index (χ1v) is 23.8. The molecule has 250 valence electrons. The lowest BCUT2D eigenvalue weighted by molar-refractivity contribution is 0.0619. The Morgan fingerprint density at radius 3 is 2.14 bits per heavy atom. The van der Waals surface area contributed by atoms with Gasteiger partial charge in [0.1, 0.15) is 0 Å². The van der Waals surface area contributed by atoms with E-state index in [1.165, 1.54) is 43.3 Å². The minimum Gasteiger partial charge on any atom is -0.414 e. The summed E-state index contributed by atoms with van der Waals surface area (Å²) in [5, 5.41) is 10.8. The summed E-state index contributed by atoms with van der Waals surface area (Å²) in [5.41, 5.74) is 3.17. The first-order chi connectivity index (χ1) is 19.4. The standard InChI is InChI=1S/C39H74O2Si2/c1-17-25-39(12)32(23-24-34(39)29(2)20-19-26-38(10,11)40)22-18-21-31-27-33(41-43(15,16)37(7,8)9)28-35(30(31)3)42(13,14)36(4,5)6/h18,21-22,29,32-35,40H,3,17,19-20,23-28H2,1-2,4-16H3/b22-18+,31-21+. The third kappa shape index (κ3) is 9.55. The zero-order valence-corrected chi connectivity index (χ0v) is 33.5. The van der Waals surface area contributed by atoms with Crippen LogP contribution >= 0.6 is 0 Å². The maximum Gasteiger partial charge on any atom is 0.192 e. The van der Waals surface area contributed by atoms with E-state index in [0.717, 1.165) is 31.6 Å². The van der Waals surface area contributed by atoms with Crippen LogP contribution in [0.1, 0.15) is 134 Å². The Morgan fingerprint density at radius 2 is 1.63 bits per heavy atom. The van der Waals surface area contributed by atoms with Crippen LogP contribution in [0.25, 0.3) is 0 Å². The Labute approximate surface area is 271 Å². The van der Waals surface area contributed by atoms with Crippen LogP contribution in [0, 0.1) is 23.2 Å². The van der Waals surface area contributed by atoms with Gasteiger partial charge in [-0.15, -0.1) is 0 Å². The molecular weight excluding hydrogens is 557 g/mol. The molecule has 0 heterocycles. The average Bonchev–Trinajstić information content (AvgIpc) is 3.14. The highest BCUT2D eigenvalue weighted by Crippen LogP contribution is 2.56. The Bertz CT molecular complexity index is 984. The predicted octanol–water partition coefficient (Wildman–Crippen LogP) is 12.5. The van der Waals surface area contributed by atoms with Crippen molar-refractivity contribution in [1.82, 2.24) is 0 Å². The summed E-state index contributed by atoms with van der Waals surface area (Å²) in [6.07, 6.45) is 18.2. The maximum atomic E-state index is 10.2. The number of aliphatic hydroxyl groups is 1. The van der Waals surface area contributed by atoms with Crippen LogP contribution in [-0.4, -0.2) is 33.2 Å². The third-order valence-corrected chi connectivity index (χ3v) is 23.6. The molecule has 0 aliphatic heterocycles. The Morgan fingerprint density at radius 1 is 1.02 bits per heavy atom. The molecule has 0 bridgehead atoms. The van der Waals surface area contributed by atoms with Gasteiger partial charge in [0.2, 0.25) is 0 Å². The lowest BCUT2D eigenvalue weighted by atomic mass is 9.66. The van der Waals surface area contributed by atoms with E-state index in [0.29, 0.717) is 27.8 Å². The molecular formula is C39H74O2Si2. The van der Waals surface area contributed by atoms with E-state index in [2.05, 4.69) is 107 Å². The van der Waals surface area contributed by atoms with E-state index in [1.807, 2.05) is 13.8 Å². The van der Waals surface area contributed by atoms with Gasteiger partial charge in [0, 0.05) is 6.10 Å². The molecule has 2 nitrogen and oxygen atoms in total. The zero-order valence-electron chi connectivity index (χ0n) is 31.5. The molecule has 0 amide bonds. The minimum atomic E-state index is -1.87. The summed E-state index contributed by atoms with van der Waals surface area (Å²) < 4.78 is 7.14. The fraction of sp³-hybridized carbons (Fsp3) is 0.846. The van der Waals surface area contributed by atoms with Gasteiger partial charge in [0.25, 0.3) is 0 Å². The van der Waals surface area contributed by atoms with Crippen LogP contribution in [-0.2, 0) is 4.43 Å². The summed E-state index contributed by atoms with van der Waals surface area (Å²) in [6.45, 7) is 40.5. The van der Waals surface area contributed by atoms with Crippen molar-refractivity contribution in [1.29, 1.82) is 0 Å². The highest BCUT2D eigenvalue weighted by atomic mass is 28.4. The zero-order chi connectivity index (χ0) is 33.2. The van der Waals surface area contributed by atoms with Crippen LogP contribution in [0.5, 0.6) is 0 Å². The molecule has 0 aromatic heterocycles.